The fourth-order valence-corrected chi connectivity index (χ4v) is 4.97. The second kappa shape index (κ2) is 4.40. The van der Waals surface area contributed by atoms with Gasteiger partial charge >= 0.3 is 0 Å². The highest BCUT2D eigenvalue weighted by molar-refractivity contribution is 7.12. The van der Waals surface area contributed by atoms with Crippen LogP contribution in [0.5, 0.6) is 0 Å². The minimum atomic E-state index is -0.363. The van der Waals surface area contributed by atoms with Crippen molar-refractivity contribution >= 4 is 11.3 Å². The van der Waals surface area contributed by atoms with Gasteiger partial charge in [0.25, 0.3) is 0 Å². The minimum Gasteiger partial charge on any atom is -0.316 e. The number of hydrogen-bond acceptors (Lipinski definition) is 3. The second-order valence-corrected chi connectivity index (χ2v) is 7.32. The Balaban J connectivity index is 1.85. The quantitative estimate of drug-likeness (QED) is 0.866. The zero-order valence-electron chi connectivity index (χ0n) is 11.9. The van der Waals surface area contributed by atoms with Crippen LogP contribution in [0.15, 0.2) is 24.3 Å². The lowest BCUT2D eigenvalue weighted by atomic mass is 9.73. The summed E-state index contributed by atoms with van der Waals surface area (Å²) in [7, 11) is 0. The van der Waals surface area contributed by atoms with Crippen LogP contribution < -0.4 is 5.73 Å². The summed E-state index contributed by atoms with van der Waals surface area (Å²) in [5, 5.41) is 1.14. The van der Waals surface area contributed by atoms with Crippen molar-refractivity contribution in [2.45, 2.75) is 50.5 Å². The monoisotopic (exact) mass is 284 g/mol. The molecule has 0 spiro atoms. The smallest absolute Gasteiger partial charge is 0.118 e. The van der Waals surface area contributed by atoms with Crippen molar-refractivity contribution in [2.24, 2.45) is 5.73 Å². The molecule has 4 rings (SSSR count). The summed E-state index contributed by atoms with van der Waals surface area (Å²) in [6.45, 7) is 2.31. The second-order valence-electron chi connectivity index (χ2n) is 6.24. The van der Waals surface area contributed by atoms with Gasteiger partial charge in [0.2, 0.25) is 0 Å². The molecule has 2 aliphatic carbocycles. The fourth-order valence-electron chi connectivity index (χ4n) is 3.67. The van der Waals surface area contributed by atoms with E-state index >= 15 is 0 Å². The van der Waals surface area contributed by atoms with Crippen molar-refractivity contribution in [3.8, 4) is 0 Å². The first-order valence-electron chi connectivity index (χ1n) is 7.56. The minimum absolute atomic E-state index is 0.363. The molecule has 0 saturated carbocycles. The SMILES string of the molecule is CC1CCC(N)(c2nc3c(s2)CCC3)c2ccccc21. The molecule has 2 nitrogen and oxygen atoms in total. The van der Waals surface area contributed by atoms with Gasteiger partial charge in [-0.05, 0) is 49.1 Å². The first-order chi connectivity index (χ1) is 9.68. The van der Waals surface area contributed by atoms with E-state index in [-0.39, 0.29) is 5.54 Å². The predicted molar refractivity (Wildman–Crippen MR) is 83.2 cm³/mol. The van der Waals surface area contributed by atoms with Gasteiger partial charge in [-0.1, -0.05) is 31.2 Å². The van der Waals surface area contributed by atoms with E-state index in [2.05, 4.69) is 31.2 Å². The molecule has 2 atom stereocenters. The lowest BCUT2D eigenvalue weighted by Crippen LogP contribution is -2.41. The lowest BCUT2D eigenvalue weighted by molar-refractivity contribution is 0.410. The third-order valence-electron chi connectivity index (χ3n) is 4.92. The van der Waals surface area contributed by atoms with Gasteiger partial charge in [-0.3, -0.25) is 0 Å². The molecule has 3 heteroatoms. The Morgan fingerprint density at radius 3 is 3.00 bits per heavy atom. The van der Waals surface area contributed by atoms with Gasteiger partial charge in [0.05, 0.1) is 11.2 Å². The van der Waals surface area contributed by atoms with Gasteiger partial charge in [-0.2, -0.15) is 0 Å². The van der Waals surface area contributed by atoms with Gasteiger partial charge in [0.15, 0.2) is 0 Å². The highest BCUT2D eigenvalue weighted by Crippen LogP contribution is 2.45. The number of rotatable bonds is 1. The van der Waals surface area contributed by atoms with Crippen LogP contribution in [0.1, 0.15) is 58.8 Å². The average molecular weight is 284 g/mol. The van der Waals surface area contributed by atoms with Crippen molar-refractivity contribution in [1.29, 1.82) is 0 Å². The molecule has 2 N–H and O–H groups in total. The number of benzene rings is 1. The molecule has 2 unspecified atom stereocenters. The molecule has 0 radical (unpaired) electrons. The Morgan fingerprint density at radius 2 is 2.15 bits per heavy atom. The van der Waals surface area contributed by atoms with E-state index in [0.29, 0.717) is 5.92 Å². The Bertz CT molecular complexity index is 639. The summed E-state index contributed by atoms with van der Waals surface area (Å²) in [5.74, 6) is 0.606. The molecular weight excluding hydrogens is 264 g/mol. The van der Waals surface area contributed by atoms with Crippen LogP contribution in [-0.2, 0) is 18.4 Å². The maximum absolute atomic E-state index is 6.86. The van der Waals surface area contributed by atoms with Gasteiger partial charge in [0.1, 0.15) is 5.01 Å². The van der Waals surface area contributed by atoms with Gasteiger partial charge in [0, 0.05) is 4.88 Å². The molecule has 1 aromatic carbocycles. The third kappa shape index (κ3) is 1.69. The van der Waals surface area contributed by atoms with Crippen LogP contribution in [0.4, 0.5) is 0 Å². The predicted octanol–water partition coefficient (Wildman–Crippen LogP) is 3.73. The van der Waals surface area contributed by atoms with Crippen LogP contribution in [0.2, 0.25) is 0 Å². The summed E-state index contributed by atoms with van der Waals surface area (Å²) in [6.07, 6.45) is 5.76. The fraction of sp³-hybridized carbons (Fsp3) is 0.471. The van der Waals surface area contributed by atoms with E-state index in [1.165, 1.54) is 34.5 Å². The number of aromatic nitrogens is 1. The number of fused-ring (bicyclic) bond motifs is 2. The Kier molecular flexibility index (Phi) is 2.76. The van der Waals surface area contributed by atoms with Gasteiger partial charge in [-0.15, -0.1) is 11.3 Å². The summed E-state index contributed by atoms with van der Waals surface area (Å²) in [4.78, 5) is 6.38. The highest BCUT2D eigenvalue weighted by atomic mass is 32.1. The number of thiazole rings is 1. The number of nitrogens with two attached hydrogens (primary N) is 1. The zero-order valence-corrected chi connectivity index (χ0v) is 12.7. The molecule has 0 aliphatic heterocycles. The first kappa shape index (κ1) is 12.5. The molecular formula is C17H20N2S. The van der Waals surface area contributed by atoms with Crippen LogP contribution >= 0.6 is 11.3 Å². The van der Waals surface area contributed by atoms with Crippen LogP contribution in [0.3, 0.4) is 0 Å². The Labute approximate surface area is 124 Å². The van der Waals surface area contributed by atoms with Gasteiger partial charge < -0.3 is 5.73 Å². The standard InChI is InChI=1S/C17H20N2S/c1-11-9-10-17(18,13-6-3-2-5-12(11)13)16-19-14-7-4-8-15(14)20-16/h2-3,5-6,11H,4,7-10,18H2,1H3. The molecule has 0 bridgehead atoms. The van der Waals surface area contributed by atoms with Crippen LogP contribution in [-0.4, -0.2) is 4.98 Å². The zero-order chi connectivity index (χ0) is 13.7. The van der Waals surface area contributed by atoms with Crippen molar-refractivity contribution in [1.82, 2.24) is 4.98 Å². The first-order valence-corrected chi connectivity index (χ1v) is 8.37. The van der Waals surface area contributed by atoms with E-state index in [1.807, 2.05) is 11.3 Å². The summed E-state index contributed by atoms with van der Waals surface area (Å²) < 4.78 is 0. The molecule has 0 fully saturated rings. The third-order valence-corrected chi connectivity index (χ3v) is 6.26. The van der Waals surface area contributed by atoms with Crippen molar-refractivity contribution in [2.75, 3.05) is 0 Å². The molecule has 2 aliphatic rings. The number of nitrogens with zero attached hydrogens (tertiary/aromatic N) is 1. The molecule has 0 saturated heterocycles. The van der Waals surface area contributed by atoms with Crippen molar-refractivity contribution < 1.29 is 0 Å². The molecule has 20 heavy (non-hydrogen) atoms. The van der Waals surface area contributed by atoms with Crippen molar-refractivity contribution in [3.63, 3.8) is 0 Å². The van der Waals surface area contributed by atoms with Crippen LogP contribution in [0, 0.1) is 0 Å². The number of hydrogen-bond donors (Lipinski definition) is 1. The van der Waals surface area contributed by atoms with E-state index < -0.39 is 0 Å². The molecule has 2 aromatic rings. The van der Waals surface area contributed by atoms with E-state index in [1.54, 1.807) is 0 Å². The maximum Gasteiger partial charge on any atom is 0.118 e. The molecule has 0 amide bonds. The van der Waals surface area contributed by atoms with E-state index in [0.717, 1.165) is 24.3 Å². The van der Waals surface area contributed by atoms with Crippen molar-refractivity contribution in [3.05, 3.63) is 51.0 Å². The van der Waals surface area contributed by atoms with Crippen LogP contribution in [0.25, 0.3) is 0 Å². The summed E-state index contributed by atoms with van der Waals surface area (Å²) in [5.41, 5.74) is 10.5. The average Bonchev–Trinajstić information content (AvgIpc) is 3.05. The maximum atomic E-state index is 6.86. The summed E-state index contributed by atoms with van der Waals surface area (Å²) >= 11 is 1.86. The topological polar surface area (TPSA) is 38.9 Å². The highest BCUT2D eigenvalue weighted by Gasteiger charge is 2.39. The van der Waals surface area contributed by atoms with Gasteiger partial charge in [-0.25, -0.2) is 4.98 Å². The molecule has 1 heterocycles. The number of aryl methyl sites for hydroxylation is 2. The van der Waals surface area contributed by atoms with E-state index in [9.17, 15) is 0 Å². The Hall–Kier alpha value is -1.19. The summed E-state index contributed by atoms with van der Waals surface area (Å²) in [6, 6.07) is 8.68. The Morgan fingerprint density at radius 1 is 1.30 bits per heavy atom. The van der Waals surface area contributed by atoms with E-state index in [4.69, 9.17) is 10.7 Å². The normalized spacial score (nSPS) is 28.2. The molecule has 1 aromatic heterocycles. The molecule has 104 valence electrons. The largest absolute Gasteiger partial charge is 0.316 e. The lowest BCUT2D eigenvalue weighted by Gasteiger charge is -2.37.